The molecule has 0 unspecified atom stereocenters. The molecular formula is C18H22ClN5O. The summed E-state index contributed by atoms with van der Waals surface area (Å²) >= 11 is 6.12. The molecule has 1 fully saturated rings. The molecule has 1 aliphatic rings. The molecule has 1 aromatic heterocycles. The van der Waals surface area contributed by atoms with Crippen LogP contribution in [0, 0.1) is 12.8 Å². The van der Waals surface area contributed by atoms with E-state index in [0.717, 1.165) is 37.4 Å². The van der Waals surface area contributed by atoms with Crippen LogP contribution in [0.1, 0.15) is 25.3 Å². The van der Waals surface area contributed by atoms with Crippen LogP contribution in [0.3, 0.4) is 0 Å². The molecule has 25 heavy (non-hydrogen) atoms. The first-order valence-electron chi connectivity index (χ1n) is 8.42. The summed E-state index contributed by atoms with van der Waals surface area (Å²) < 4.78 is 0. The van der Waals surface area contributed by atoms with Gasteiger partial charge < -0.3 is 15.5 Å². The van der Waals surface area contributed by atoms with Gasteiger partial charge in [0.15, 0.2) is 0 Å². The van der Waals surface area contributed by atoms with Crippen molar-refractivity contribution in [2.45, 2.75) is 26.7 Å². The Morgan fingerprint density at radius 2 is 1.88 bits per heavy atom. The lowest BCUT2D eigenvalue weighted by atomic mass is 10.00. The lowest BCUT2D eigenvalue weighted by molar-refractivity contribution is 0.262. The predicted molar refractivity (Wildman–Crippen MR) is 101 cm³/mol. The molecule has 0 spiro atoms. The molecule has 1 aliphatic heterocycles. The highest BCUT2D eigenvalue weighted by Gasteiger charge is 2.17. The van der Waals surface area contributed by atoms with E-state index in [1.165, 1.54) is 0 Å². The number of urea groups is 1. The predicted octanol–water partition coefficient (Wildman–Crippen LogP) is 4.32. The monoisotopic (exact) mass is 359 g/mol. The second-order valence-electron chi connectivity index (χ2n) is 6.50. The van der Waals surface area contributed by atoms with Crippen molar-refractivity contribution in [1.82, 2.24) is 9.97 Å². The smallest absolute Gasteiger partial charge is 0.323 e. The van der Waals surface area contributed by atoms with Crippen LogP contribution >= 0.6 is 11.6 Å². The summed E-state index contributed by atoms with van der Waals surface area (Å²) in [4.78, 5) is 23.0. The number of carbonyl (C=O) groups excluding carboxylic acids is 1. The molecule has 0 atom stereocenters. The Balaban J connectivity index is 1.58. The fraction of sp³-hybridized carbons (Fsp3) is 0.389. The van der Waals surface area contributed by atoms with Crippen LogP contribution in [-0.4, -0.2) is 29.1 Å². The third-order valence-electron chi connectivity index (χ3n) is 4.34. The molecule has 3 rings (SSSR count). The van der Waals surface area contributed by atoms with Crippen molar-refractivity contribution in [3.05, 3.63) is 41.2 Å². The van der Waals surface area contributed by atoms with E-state index < -0.39 is 0 Å². The maximum absolute atomic E-state index is 12.1. The summed E-state index contributed by atoms with van der Waals surface area (Å²) in [5.41, 5.74) is 2.13. The number of aryl methyl sites for hydroxylation is 1. The zero-order chi connectivity index (χ0) is 17.8. The van der Waals surface area contributed by atoms with Gasteiger partial charge in [-0.15, -0.1) is 0 Å². The maximum Gasteiger partial charge on any atom is 0.323 e. The minimum absolute atomic E-state index is 0.381. The van der Waals surface area contributed by atoms with Crippen molar-refractivity contribution in [2.24, 2.45) is 5.92 Å². The molecule has 7 heteroatoms. The van der Waals surface area contributed by atoms with Crippen LogP contribution in [0.5, 0.6) is 0 Å². The molecule has 2 amide bonds. The molecule has 0 bridgehead atoms. The van der Waals surface area contributed by atoms with Crippen LogP contribution in [0.25, 0.3) is 0 Å². The standard InChI is InChI=1S/C18H22ClN5O/c1-12-5-7-24(8-6-12)17-20-10-14(11-21-17)22-18(25)23-16-4-3-13(2)9-15(16)19/h3-4,9-12H,5-8H2,1-2H3,(H2,22,23,25). The maximum atomic E-state index is 12.1. The van der Waals surface area contributed by atoms with Gasteiger partial charge in [0.2, 0.25) is 5.95 Å². The zero-order valence-electron chi connectivity index (χ0n) is 14.4. The Kier molecular flexibility index (Phi) is 5.38. The largest absolute Gasteiger partial charge is 0.341 e. The first kappa shape index (κ1) is 17.5. The number of carbonyl (C=O) groups is 1. The number of piperidine rings is 1. The average Bonchev–Trinajstić information content (AvgIpc) is 2.59. The van der Waals surface area contributed by atoms with Crippen LogP contribution in [0.2, 0.25) is 5.02 Å². The number of rotatable bonds is 3. The van der Waals surface area contributed by atoms with Gasteiger partial charge in [-0.05, 0) is 43.4 Å². The van der Waals surface area contributed by atoms with Crippen molar-refractivity contribution in [3.8, 4) is 0 Å². The minimum Gasteiger partial charge on any atom is -0.341 e. The van der Waals surface area contributed by atoms with E-state index in [0.29, 0.717) is 22.3 Å². The molecule has 6 nitrogen and oxygen atoms in total. The second-order valence-corrected chi connectivity index (χ2v) is 6.91. The summed E-state index contributed by atoms with van der Waals surface area (Å²) in [6.45, 7) is 6.16. The van der Waals surface area contributed by atoms with Gasteiger partial charge in [-0.2, -0.15) is 0 Å². The molecule has 1 saturated heterocycles. The second kappa shape index (κ2) is 7.70. The van der Waals surface area contributed by atoms with Crippen molar-refractivity contribution in [3.63, 3.8) is 0 Å². The van der Waals surface area contributed by atoms with E-state index in [1.807, 2.05) is 13.0 Å². The normalized spacial score (nSPS) is 15.1. The van der Waals surface area contributed by atoms with E-state index in [1.54, 1.807) is 24.5 Å². The van der Waals surface area contributed by atoms with E-state index in [-0.39, 0.29) is 6.03 Å². The van der Waals surface area contributed by atoms with E-state index in [4.69, 9.17) is 11.6 Å². The minimum atomic E-state index is -0.381. The quantitative estimate of drug-likeness (QED) is 0.856. The summed E-state index contributed by atoms with van der Waals surface area (Å²) in [6.07, 6.45) is 5.56. The van der Waals surface area contributed by atoms with Crippen LogP contribution in [-0.2, 0) is 0 Å². The Labute approximate surface area is 152 Å². The lowest BCUT2D eigenvalue weighted by Gasteiger charge is -2.30. The van der Waals surface area contributed by atoms with Crippen LogP contribution < -0.4 is 15.5 Å². The SMILES string of the molecule is Cc1ccc(NC(=O)Nc2cnc(N3CCC(C)CC3)nc2)c(Cl)c1. The number of nitrogens with one attached hydrogen (secondary N) is 2. The molecule has 2 heterocycles. The van der Waals surface area contributed by atoms with E-state index >= 15 is 0 Å². The zero-order valence-corrected chi connectivity index (χ0v) is 15.2. The molecule has 2 N–H and O–H groups in total. The fourth-order valence-corrected chi connectivity index (χ4v) is 3.05. The summed E-state index contributed by atoms with van der Waals surface area (Å²) in [5.74, 6) is 1.47. The summed E-state index contributed by atoms with van der Waals surface area (Å²) in [6, 6.07) is 5.08. The van der Waals surface area contributed by atoms with Crippen molar-refractivity contribution in [2.75, 3.05) is 28.6 Å². The molecule has 0 aliphatic carbocycles. The molecule has 132 valence electrons. The van der Waals surface area contributed by atoms with Gasteiger partial charge in [0.1, 0.15) is 0 Å². The molecule has 2 aromatic rings. The highest BCUT2D eigenvalue weighted by molar-refractivity contribution is 6.33. The fourth-order valence-electron chi connectivity index (χ4n) is 2.76. The molecule has 1 aromatic carbocycles. The highest BCUT2D eigenvalue weighted by Crippen LogP contribution is 2.23. The Hall–Kier alpha value is -2.34. The topological polar surface area (TPSA) is 70.2 Å². The van der Waals surface area contributed by atoms with E-state index in [9.17, 15) is 4.79 Å². The molecule has 0 radical (unpaired) electrons. The number of hydrogen-bond donors (Lipinski definition) is 2. The third-order valence-corrected chi connectivity index (χ3v) is 4.65. The molecular weight excluding hydrogens is 338 g/mol. The van der Waals surface area contributed by atoms with Crippen molar-refractivity contribution in [1.29, 1.82) is 0 Å². The number of halogens is 1. The Morgan fingerprint density at radius 1 is 1.20 bits per heavy atom. The molecule has 0 saturated carbocycles. The van der Waals surface area contributed by atoms with Crippen molar-refractivity contribution < 1.29 is 4.79 Å². The summed E-state index contributed by atoms with van der Waals surface area (Å²) in [5, 5.41) is 5.94. The first-order chi connectivity index (χ1) is 12.0. The number of hydrogen-bond acceptors (Lipinski definition) is 4. The number of nitrogens with zero attached hydrogens (tertiary/aromatic N) is 3. The van der Waals surface area contributed by atoms with Gasteiger partial charge >= 0.3 is 6.03 Å². The van der Waals surface area contributed by atoms with Gasteiger partial charge in [-0.25, -0.2) is 14.8 Å². The average molecular weight is 360 g/mol. The van der Waals surface area contributed by atoms with Crippen molar-refractivity contribution >= 4 is 35.0 Å². The lowest BCUT2D eigenvalue weighted by Crippen LogP contribution is -2.34. The first-order valence-corrected chi connectivity index (χ1v) is 8.80. The Bertz CT molecular complexity index is 742. The van der Waals surface area contributed by atoms with Gasteiger partial charge in [-0.1, -0.05) is 24.6 Å². The number of anilines is 3. The van der Waals surface area contributed by atoms with E-state index in [2.05, 4.69) is 32.4 Å². The van der Waals surface area contributed by atoms with Gasteiger partial charge in [0.25, 0.3) is 0 Å². The Morgan fingerprint density at radius 3 is 2.52 bits per heavy atom. The van der Waals surface area contributed by atoms with Crippen LogP contribution in [0.15, 0.2) is 30.6 Å². The third kappa shape index (κ3) is 4.60. The highest BCUT2D eigenvalue weighted by atomic mass is 35.5. The van der Waals surface area contributed by atoms with Gasteiger partial charge in [-0.3, -0.25) is 0 Å². The number of aromatic nitrogens is 2. The van der Waals surface area contributed by atoms with Crippen LogP contribution in [0.4, 0.5) is 22.1 Å². The number of amides is 2. The van der Waals surface area contributed by atoms with Gasteiger partial charge in [0, 0.05) is 13.1 Å². The summed E-state index contributed by atoms with van der Waals surface area (Å²) in [7, 11) is 0. The number of benzene rings is 1. The van der Waals surface area contributed by atoms with Gasteiger partial charge in [0.05, 0.1) is 28.8 Å².